The Bertz CT molecular complexity index is 521. The lowest BCUT2D eigenvalue weighted by molar-refractivity contribution is 0.204. The van der Waals surface area contributed by atoms with Crippen LogP contribution in [0.3, 0.4) is 0 Å². The summed E-state index contributed by atoms with van der Waals surface area (Å²) in [5, 5.41) is 0. The summed E-state index contributed by atoms with van der Waals surface area (Å²) >= 11 is 0. The third-order valence-corrected chi connectivity index (χ3v) is 5.53. The van der Waals surface area contributed by atoms with Gasteiger partial charge in [-0.25, -0.2) is 24.2 Å². The van der Waals surface area contributed by atoms with E-state index >= 15 is 0 Å². The van der Waals surface area contributed by atoms with Crippen molar-refractivity contribution in [1.82, 2.24) is 14.3 Å². The van der Waals surface area contributed by atoms with Crippen LogP contribution < -0.4 is 11.3 Å². The molecule has 0 bridgehead atoms. The van der Waals surface area contributed by atoms with E-state index in [2.05, 4.69) is 15.4 Å². The molecule has 2 heterocycles. The highest BCUT2D eigenvalue weighted by Gasteiger charge is 2.35. The molecule has 0 spiro atoms. The maximum Gasteiger partial charge on any atom is 0.246 e. The summed E-state index contributed by atoms with van der Waals surface area (Å²) in [6, 6.07) is 0.00196. The van der Waals surface area contributed by atoms with Gasteiger partial charge in [-0.05, 0) is 26.7 Å². The molecule has 1 aromatic rings. The summed E-state index contributed by atoms with van der Waals surface area (Å²) in [7, 11) is -3.55. The van der Waals surface area contributed by atoms with E-state index in [4.69, 9.17) is 5.84 Å². The summed E-state index contributed by atoms with van der Waals surface area (Å²) in [6.07, 6.45) is 5.39. The molecule has 0 aliphatic carbocycles. The second-order valence-electron chi connectivity index (χ2n) is 4.85. The van der Waals surface area contributed by atoms with Gasteiger partial charge in [-0.2, -0.15) is 4.31 Å². The lowest BCUT2D eigenvalue weighted by Crippen LogP contribution is -2.47. The van der Waals surface area contributed by atoms with Crippen LogP contribution in [0.1, 0.15) is 33.1 Å². The molecular formula is C11H19N5O2S. The first-order valence-corrected chi connectivity index (χ1v) is 7.73. The van der Waals surface area contributed by atoms with Gasteiger partial charge in [0.05, 0.1) is 12.4 Å². The molecule has 2 rings (SSSR count). The number of sulfonamides is 1. The van der Waals surface area contributed by atoms with Crippen molar-refractivity contribution in [3.8, 4) is 0 Å². The Balaban J connectivity index is 2.34. The number of hydrazine groups is 1. The van der Waals surface area contributed by atoms with E-state index in [0.29, 0.717) is 0 Å². The summed E-state index contributed by atoms with van der Waals surface area (Å²) in [6.45, 7) is 3.87. The molecular weight excluding hydrogens is 266 g/mol. The van der Waals surface area contributed by atoms with E-state index < -0.39 is 10.0 Å². The fourth-order valence-corrected chi connectivity index (χ4v) is 4.29. The third-order valence-electron chi connectivity index (χ3n) is 3.45. The summed E-state index contributed by atoms with van der Waals surface area (Å²) < 4.78 is 26.8. The summed E-state index contributed by atoms with van der Waals surface area (Å²) in [5.74, 6) is 5.35. The second-order valence-corrected chi connectivity index (χ2v) is 6.69. The SMILES string of the molecule is C[C@@H]1CCC[C@H](C)N1S(=O)(=O)c1cnc(NN)nc1. The number of nitrogens with two attached hydrogens (primary N) is 1. The van der Waals surface area contributed by atoms with Crippen molar-refractivity contribution in [3.05, 3.63) is 12.4 Å². The molecule has 0 amide bonds. The number of anilines is 1. The zero-order valence-electron chi connectivity index (χ0n) is 11.1. The first-order chi connectivity index (χ1) is 8.96. The Labute approximate surface area is 113 Å². The van der Waals surface area contributed by atoms with E-state index in [-0.39, 0.29) is 22.9 Å². The van der Waals surface area contributed by atoms with E-state index in [9.17, 15) is 8.42 Å². The highest BCUT2D eigenvalue weighted by Crippen LogP contribution is 2.28. The molecule has 106 valence electrons. The molecule has 7 nitrogen and oxygen atoms in total. The van der Waals surface area contributed by atoms with Gasteiger partial charge < -0.3 is 0 Å². The van der Waals surface area contributed by atoms with E-state index in [0.717, 1.165) is 19.3 Å². The largest absolute Gasteiger partial charge is 0.292 e. The second kappa shape index (κ2) is 5.40. The van der Waals surface area contributed by atoms with Crippen molar-refractivity contribution in [1.29, 1.82) is 0 Å². The Morgan fingerprint density at radius 1 is 1.26 bits per heavy atom. The van der Waals surface area contributed by atoms with Gasteiger partial charge in [0.2, 0.25) is 16.0 Å². The zero-order valence-corrected chi connectivity index (χ0v) is 11.9. The number of hydrogen-bond donors (Lipinski definition) is 2. The Kier molecular flexibility index (Phi) is 4.02. The monoisotopic (exact) mass is 285 g/mol. The Hall–Kier alpha value is -1.25. The smallest absolute Gasteiger partial charge is 0.246 e. The van der Waals surface area contributed by atoms with Crippen molar-refractivity contribution < 1.29 is 8.42 Å². The van der Waals surface area contributed by atoms with Crippen LogP contribution in [0.15, 0.2) is 17.3 Å². The van der Waals surface area contributed by atoms with Crippen molar-refractivity contribution in [3.63, 3.8) is 0 Å². The zero-order chi connectivity index (χ0) is 14.0. The predicted octanol–water partition coefficient (Wildman–Crippen LogP) is 0.714. The maximum atomic E-state index is 12.6. The van der Waals surface area contributed by atoms with Gasteiger partial charge in [-0.3, -0.25) is 5.43 Å². The van der Waals surface area contributed by atoms with Gasteiger partial charge in [0.15, 0.2) is 0 Å². The first kappa shape index (κ1) is 14.2. The molecule has 2 atom stereocenters. The minimum atomic E-state index is -3.55. The standard InChI is InChI=1S/C11H19N5O2S/c1-8-4-3-5-9(2)16(8)19(17,18)10-6-13-11(15-12)14-7-10/h6-9H,3-5,12H2,1-2H3,(H,13,14,15)/t8-,9+. The molecule has 0 aromatic carbocycles. The topological polar surface area (TPSA) is 101 Å². The maximum absolute atomic E-state index is 12.6. The molecule has 19 heavy (non-hydrogen) atoms. The van der Waals surface area contributed by atoms with Gasteiger partial charge >= 0.3 is 0 Å². The molecule has 0 saturated carbocycles. The number of nitrogen functional groups attached to an aromatic ring is 1. The summed E-state index contributed by atoms with van der Waals surface area (Å²) in [4.78, 5) is 7.81. The number of hydrogen-bond acceptors (Lipinski definition) is 6. The third kappa shape index (κ3) is 2.70. The molecule has 0 radical (unpaired) electrons. The fourth-order valence-electron chi connectivity index (χ4n) is 2.52. The molecule has 1 aromatic heterocycles. The van der Waals surface area contributed by atoms with Gasteiger partial charge in [-0.15, -0.1) is 0 Å². The normalized spacial score (nSPS) is 25.2. The van der Waals surface area contributed by atoms with Crippen molar-refractivity contribution in [2.75, 3.05) is 5.43 Å². The van der Waals surface area contributed by atoms with Crippen LogP contribution in [0.5, 0.6) is 0 Å². The quantitative estimate of drug-likeness (QED) is 0.626. The van der Waals surface area contributed by atoms with Crippen LogP contribution in [0.25, 0.3) is 0 Å². The average Bonchev–Trinajstić information content (AvgIpc) is 2.38. The molecule has 1 fully saturated rings. The number of nitrogens with zero attached hydrogens (tertiary/aromatic N) is 3. The highest BCUT2D eigenvalue weighted by atomic mass is 32.2. The fraction of sp³-hybridized carbons (Fsp3) is 0.636. The lowest BCUT2D eigenvalue weighted by Gasteiger charge is -2.37. The first-order valence-electron chi connectivity index (χ1n) is 6.29. The van der Waals surface area contributed by atoms with E-state index in [1.54, 1.807) is 4.31 Å². The average molecular weight is 285 g/mol. The van der Waals surface area contributed by atoms with Gasteiger partial charge in [0.25, 0.3) is 0 Å². The van der Waals surface area contributed by atoms with Crippen molar-refractivity contribution in [2.24, 2.45) is 5.84 Å². The van der Waals surface area contributed by atoms with Crippen LogP contribution in [0.2, 0.25) is 0 Å². The van der Waals surface area contributed by atoms with Crippen LogP contribution in [0, 0.1) is 0 Å². The Morgan fingerprint density at radius 2 is 1.79 bits per heavy atom. The molecule has 1 aliphatic heterocycles. The predicted molar refractivity (Wildman–Crippen MR) is 71.6 cm³/mol. The molecule has 8 heteroatoms. The molecule has 0 unspecified atom stereocenters. The van der Waals surface area contributed by atoms with Crippen molar-refractivity contribution in [2.45, 2.75) is 50.1 Å². The van der Waals surface area contributed by atoms with Gasteiger partial charge in [-0.1, -0.05) is 6.42 Å². The molecule has 1 saturated heterocycles. The van der Waals surface area contributed by atoms with Gasteiger partial charge in [0.1, 0.15) is 4.90 Å². The van der Waals surface area contributed by atoms with Crippen LogP contribution in [-0.4, -0.2) is 34.8 Å². The number of rotatable bonds is 3. The highest BCUT2D eigenvalue weighted by molar-refractivity contribution is 7.89. The minimum Gasteiger partial charge on any atom is -0.292 e. The van der Waals surface area contributed by atoms with E-state index in [1.165, 1.54) is 12.4 Å². The number of aromatic nitrogens is 2. The molecule has 3 N–H and O–H groups in total. The van der Waals surface area contributed by atoms with Crippen LogP contribution in [0.4, 0.5) is 5.95 Å². The Morgan fingerprint density at radius 3 is 2.26 bits per heavy atom. The molecule has 1 aliphatic rings. The minimum absolute atomic E-state index is 0.000981. The number of nitrogens with one attached hydrogen (secondary N) is 1. The van der Waals surface area contributed by atoms with Crippen molar-refractivity contribution >= 4 is 16.0 Å². The lowest BCUT2D eigenvalue weighted by atomic mass is 10.0. The number of piperidine rings is 1. The summed E-state index contributed by atoms with van der Waals surface area (Å²) in [5.41, 5.74) is 2.27. The van der Waals surface area contributed by atoms with E-state index in [1.807, 2.05) is 13.8 Å². The van der Waals surface area contributed by atoms with Crippen LogP contribution >= 0.6 is 0 Å². The van der Waals surface area contributed by atoms with Crippen LogP contribution in [-0.2, 0) is 10.0 Å². The van der Waals surface area contributed by atoms with Gasteiger partial charge in [0, 0.05) is 12.1 Å².